The fraction of sp³-hybridized carbons (Fsp3) is 0.125. The number of hydrogen-bond donors (Lipinski definition) is 2. The molecule has 0 heterocycles. The molecule has 8 heteroatoms. The summed E-state index contributed by atoms with van der Waals surface area (Å²) >= 11 is 2.08. The van der Waals surface area contributed by atoms with Crippen LogP contribution >= 0.6 is 22.6 Å². The van der Waals surface area contributed by atoms with Gasteiger partial charge in [-0.25, -0.2) is 13.2 Å². The molecule has 0 aromatic heterocycles. The molecule has 126 valence electrons. The second-order valence-electron chi connectivity index (χ2n) is 5.01. The van der Waals surface area contributed by atoms with Gasteiger partial charge in [0.1, 0.15) is 29.1 Å². The zero-order chi connectivity index (χ0) is 17.9. The number of amides is 2. The molecule has 4 nitrogen and oxygen atoms in total. The van der Waals surface area contributed by atoms with E-state index in [1.165, 1.54) is 0 Å². The Hall–Kier alpha value is -2.10. The van der Waals surface area contributed by atoms with Crippen molar-refractivity contribution in [3.63, 3.8) is 0 Å². The summed E-state index contributed by atoms with van der Waals surface area (Å²) in [5.74, 6) is -5.90. The van der Waals surface area contributed by atoms with Crippen molar-refractivity contribution < 1.29 is 22.8 Å². The average Bonchev–Trinajstić information content (AvgIpc) is 2.45. The summed E-state index contributed by atoms with van der Waals surface area (Å²) in [6.07, 6.45) is 0.0579. The fourth-order valence-electron chi connectivity index (χ4n) is 2.11. The molecule has 0 radical (unpaired) electrons. The lowest BCUT2D eigenvalue weighted by molar-refractivity contribution is -0.119. The van der Waals surface area contributed by atoms with Crippen LogP contribution in [0, 0.1) is 21.0 Å². The van der Waals surface area contributed by atoms with Gasteiger partial charge in [-0.2, -0.15) is 0 Å². The standard InChI is InChI=1S/C16H12F3IN2O2/c17-9-6-11(18)14(12(19)7-9)16(24)22-13(15(21)23)5-8-2-1-3-10(20)4-8/h1-4,6-7,13H,5H2,(H2,21,23)(H,22,24)/t13-/m0/s1. The van der Waals surface area contributed by atoms with Gasteiger partial charge < -0.3 is 11.1 Å². The summed E-state index contributed by atoms with van der Waals surface area (Å²) in [5, 5.41) is 2.18. The molecule has 0 aliphatic heterocycles. The van der Waals surface area contributed by atoms with E-state index in [0.29, 0.717) is 17.7 Å². The SMILES string of the molecule is NC(=O)[C@H](Cc1cccc(I)c1)NC(=O)c1c(F)cc(F)cc1F. The van der Waals surface area contributed by atoms with Crippen molar-refractivity contribution in [1.29, 1.82) is 0 Å². The molecule has 0 fully saturated rings. The number of primary amides is 1. The molecule has 2 amide bonds. The number of nitrogens with two attached hydrogens (primary N) is 1. The van der Waals surface area contributed by atoms with Gasteiger partial charge in [0.05, 0.1) is 0 Å². The van der Waals surface area contributed by atoms with E-state index in [0.717, 1.165) is 3.57 Å². The highest BCUT2D eigenvalue weighted by Crippen LogP contribution is 2.15. The Morgan fingerprint density at radius 2 is 1.75 bits per heavy atom. The molecule has 0 unspecified atom stereocenters. The van der Waals surface area contributed by atoms with E-state index in [1.54, 1.807) is 18.2 Å². The minimum absolute atomic E-state index is 0.0579. The van der Waals surface area contributed by atoms with Gasteiger partial charge in [0.25, 0.3) is 5.91 Å². The van der Waals surface area contributed by atoms with E-state index in [1.807, 2.05) is 6.07 Å². The maximum atomic E-state index is 13.6. The Morgan fingerprint density at radius 1 is 1.12 bits per heavy atom. The zero-order valence-electron chi connectivity index (χ0n) is 12.2. The molecule has 3 N–H and O–H groups in total. The summed E-state index contributed by atoms with van der Waals surface area (Å²) < 4.78 is 41.1. The molecule has 2 aromatic carbocycles. The minimum atomic E-state index is -1.36. The van der Waals surface area contributed by atoms with Crippen molar-refractivity contribution in [3.8, 4) is 0 Å². The van der Waals surface area contributed by atoms with Gasteiger partial charge in [0, 0.05) is 22.1 Å². The number of hydrogen-bond acceptors (Lipinski definition) is 2. The van der Waals surface area contributed by atoms with E-state index >= 15 is 0 Å². The van der Waals surface area contributed by atoms with Gasteiger partial charge in [-0.1, -0.05) is 12.1 Å². The molecular weight excluding hydrogens is 436 g/mol. The zero-order valence-corrected chi connectivity index (χ0v) is 14.3. The number of benzene rings is 2. The van der Waals surface area contributed by atoms with Crippen molar-refractivity contribution >= 4 is 34.4 Å². The van der Waals surface area contributed by atoms with Crippen molar-refractivity contribution in [2.45, 2.75) is 12.5 Å². The average molecular weight is 448 g/mol. The van der Waals surface area contributed by atoms with E-state index in [9.17, 15) is 22.8 Å². The highest BCUT2D eigenvalue weighted by molar-refractivity contribution is 14.1. The molecule has 2 aromatic rings. The maximum Gasteiger partial charge on any atom is 0.257 e. The third-order valence-electron chi connectivity index (χ3n) is 3.21. The Morgan fingerprint density at radius 3 is 2.29 bits per heavy atom. The van der Waals surface area contributed by atoms with Crippen LogP contribution in [0.4, 0.5) is 13.2 Å². The number of carbonyl (C=O) groups excluding carboxylic acids is 2. The lowest BCUT2D eigenvalue weighted by Crippen LogP contribution is -2.46. The topological polar surface area (TPSA) is 72.2 Å². The number of carbonyl (C=O) groups is 2. The molecule has 0 aliphatic carbocycles. The monoisotopic (exact) mass is 448 g/mol. The quantitative estimate of drug-likeness (QED) is 0.691. The van der Waals surface area contributed by atoms with Crippen LogP contribution < -0.4 is 11.1 Å². The Labute approximate surface area is 149 Å². The molecule has 0 spiro atoms. The predicted octanol–water partition coefficient (Wildman–Crippen LogP) is 2.53. The Bertz CT molecular complexity index is 776. The summed E-state index contributed by atoms with van der Waals surface area (Å²) in [6.45, 7) is 0. The van der Waals surface area contributed by atoms with Gasteiger partial charge in [0.2, 0.25) is 5.91 Å². The summed E-state index contributed by atoms with van der Waals surface area (Å²) in [6, 6.07) is 6.71. The third kappa shape index (κ3) is 4.47. The number of halogens is 4. The van der Waals surface area contributed by atoms with Gasteiger partial charge in [0.15, 0.2) is 0 Å². The highest BCUT2D eigenvalue weighted by Gasteiger charge is 2.24. The smallest absolute Gasteiger partial charge is 0.257 e. The van der Waals surface area contributed by atoms with E-state index in [4.69, 9.17) is 5.73 Å². The van der Waals surface area contributed by atoms with Gasteiger partial charge >= 0.3 is 0 Å². The molecule has 0 saturated heterocycles. The molecule has 0 bridgehead atoms. The Kier molecular flexibility index (Phi) is 5.81. The normalized spacial score (nSPS) is 11.8. The van der Waals surface area contributed by atoms with E-state index in [2.05, 4.69) is 27.9 Å². The Balaban J connectivity index is 2.22. The van der Waals surface area contributed by atoms with Crippen molar-refractivity contribution in [2.75, 3.05) is 0 Å². The maximum absolute atomic E-state index is 13.6. The minimum Gasteiger partial charge on any atom is -0.368 e. The molecular formula is C16H12F3IN2O2. The van der Waals surface area contributed by atoms with Crippen LogP contribution in [0.1, 0.15) is 15.9 Å². The van der Waals surface area contributed by atoms with Crippen LogP contribution in [0.25, 0.3) is 0 Å². The molecule has 0 aliphatic rings. The van der Waals surface area contributed by atoms with E-state index in [-0.39, 0.29) is 6.42 Å². The van der Waals surface area contributed by atoms with Crippen LogP contribution in [0.2, 0.25) is 0 Å². The molecule has 24 heavy (non-hydrogen) atoms. The summed E-state index contributed by atoms with van der Waals surface area (Å²) in [4.78, 5) is 23.6. The fourth-order valence-corrected chi connectivity index (χ4v) is 2.72. The van der Waals surface area contributed by atoms with Crippen LogP contribution in [0.3, 0.4) is 0 Å². The second kappa shape index (κ2) is 7.65. The molecule has 2 rings (SSSR count). The lowest BCUT2D eigenvalue weighted by atomic mass is 10.0. The first kappa shape index (κ1) is 18.2. The number of nitrogens with one attached hydrogen (secondary N) is 1. The first-order valence-electron chi connectivity index (χ1n) is 6.77. The first-order chi connectivity index (χ1) is 11.3. The summed E-state index contributed by atoms with van der Waals surface area (Å²) in [7, 11) is 0. The summed E-state index contributed by atoms with van der Waals surface area (Å²) in [5.41, 5.74) is 4.99. The molecule has 1 atom stereocenters. The number of rotatable bonds is 5. The second-order valence-corrected chi connectivity index (χ2v) is 6.25. The van der Waals surface area contributed by atoms with Crippen LogP contribution in [0.5, 0.6) is 0 Å². The predicted molar refractivity (Wildman–Crippen MR) is 89.6 cm³/mol. The van der Waals surface area contributed by atoms with Crippen LogP contribution in [-0.4, -0.2) is 17.9 Å². The highest BCUT2D eigenvalue weighted by atomic mass is 127. The van der Waals surface area contributed by atoms with Crippen molar-refractivity contribution in [1.82, 2.24) is 5.32 Å². The lowest BCUT2D eigenvalue weighted by Gasteiger charge is -2.16. The largest absolute Gasteiger partial charge is 0.368 e. The van der Waals surface area contributed by atoms with Gasteiger partial charge in [-0.15, -0.1) is 0 Å². The van der Waals surface area contributed by atoms with Crippen LogP contribution in [-0.2, 0) is 11.2 Å². The first-order valence-corrected chi connectivity index (χ1v) is 7.85. The van der Waals surface area contributed by atoms with Gasteiger partial charge in [-0.3, -0.25) is 9.59 Å². The third-order valence-corrected chi connectivity index (χ3v) is 3.88. The van der Waals surface area contributed by atoms with Crippen molar-refractivity contribution in [3.05, 3.63) is 68.5 Å². The van der Waals surface area contributed by atoms with E-state index < -0.39 is 40.9 Å². The van der Waals surface area contributed by atoms with Crippen LogP contribution in [0.15, 0.2) is 36.4 Å². The van der Waals surface area contributed by atoms with Crippen molar-refractivity contribution in [2.24, 2.45) is 5.73 Å². The van der Waals surface area contributed by atoms with Gasteiger partial charge in [-0.05, 0) is 40.3 Å². The molecule has 0 saturated carbocycles.